The van der Waals surface area contributed by atoms with Crippen molar-refractivity contribution in [3.8, 4) is 5.75 Å². The van der Waals surface area contributed by atoms with E-state index in [-0.39, 0.29) is 5.41 Å². The average Bonchev–Trinajstić information content (AvgIpc) is 2.24. The Morgan fingerprint density at radius 1 is 1.29 bits per heavy atom. The summed E-state index contributed by atoms with van der Waals surface area (Å²) < 4.78 is 5.56. The standard InChI is InChI=1S/C15H23NO/c1-11-9-12(7-6-8-16)14(17-5)13(10-11)15(2,3)4/h6-7,9-10H,8,16H2,1-5H3/b7-6+. The third-order valence-electron chi connectivity index (χ3n) is 2.71. The second-order valence-corrected chi connectivity index (χ2v) is 5.32. The minimum absolute atomic E-state index is 0.0721. The van der Waals surface area contributed by atoms with Crippen molar-refractivity contribution in [2.24, 2.45) is 5.73 Å². The molecule has 0 spiro atoms. The van der Waals surface area contributed by atoms with Crippen molar-refractivity contribution >= 4 is 6.08 Å². The van der Waals surface area contributed by atoms with Gasteiger partial charge in [-0.05, 0) is 24.0 Å². The first kappa shape index (κ1) is 13.8. The summed E-state index contributed by atoms with van der Waals surface area (Å²) in [4.78, 5) is 0. The highest BCUT2D eigenvalue weighted by molar-refractivity contribution is 5.62. The minimum atomic E-state index is 0.0721. The van der Waals surface area contributed by atoms with Crippen LogP contribution in [0.5, 0.6) is 5.75 Å². The highest BCUT2D eigenvalue weighted by Crippen LogP contribution is 2.35. The molecule has 2 nitrogen and oxygen atoms in total. The van der Waals surface area contributed by atoms with E-state index >= 15 is 0 Å². The Labute approximate surface area is 104 Å². The average molecular weight is 233 g/mol. The van der Waals surface area contributed by atoms with E-state index in [9.17, 15) is 0 Å². The van der Waals surface area contributed by atoms with E-state index in [1.165, 1.54) is 11.1 Å². The predicted octanol–water partition coefficient (Wildman–Crippen LogP) is 3.27. The molecule has 0 radical (unpaired) electrons. The van der Waals surface area contributed by atoms with Crippen LogP contribution in [-0.4, -0.2) is 13.7 Å². The van der Waals surface area contributed by atoms with Gasteiger partial charge in [-0.3, -0.25) is 0 Å². The maximum atomic E-state index is 5.56. The summed E-state index contributed by atoms with van der Waals surface area (Å²) in [7, 11) is 1.72. The van der Waals surface area contributed by atoms with Crippen LogP contribution in [0.4, 0.5) is 0 Å². The Morgan fingerprint density at radius 3 is 2.41 bits per heavy atom. The van der Waals surface area contributed by atoms with Gasteiger partial charge >= 0.3 is 0 Å². The van der Waals surface area contributed by atoms with Gasteiger partial charge in [0, 0.05) is 17.7 Å². The van der Waals surface area contributed by atoms with Crippen molar-refractivity contribution in [1.29, 1.82) is 0 Å². The van der Waals surface area contributed by atoms with Gasteiger partial charge in [-0.15, -0.1) is 0 Å². The lowest BCUT2D eigenvalue weighted by Gasteiger charge is -2.24. The second kappa shape index (κ2) is 5.37. The third kappa shape index (κ3) is 3.34. The maximum Gasteiger partial charge on any atom is 0.129 e. The van der Waals surface area contributed by atoms with Crippen molar-refractivity contribution in [2.75, 3.05) is 13.7 Å². The summed E-state index contributed by atoms with van der Waals surface area (Å²) in [5.41, 5.74) is 9.15. The van der Waals surface area contributed by atoms with E-state index in [1.807, 2.05) is 12.2 Å². The highest BCUT2D eigenvalue weighted by atomic mass is 16.5. The molecular formula is C15H23NO. The smallest absolute Gasteiger partial charge is 0.129 e. The summed E-state index contributed by atoms with van der Waals surface area (Å²) in [6.45, 7) is 9.23. The Balaban J connectivity index is 3.40. The third-order valence-corrected chi connectivity index (χ3v) is 2.71. The normalized spacial score (nSPS) is 12.1. The fourth-order valence-electron chi connectivity index (χ4n) is 1.90. The molecule has 0 fully saturated rings. The molecule has 2 N–H and O–H groups in total. The SMILES string of the molecule is COc1c(/C=C/CN)cc(C)cc1C(C)(C)C. The van der Waals surface area contributed by atoms with E-state index in [0.717, 1.165) is 11.3 Å². The minimum Gasteiger partial charge on any atom is -0.496 e. The van der Waals surface area contributed by atoms with Gasteiger partial charge < -0.3 is 10.5 Å². The van der Waals surface area contributed by atoms with Gasteiger partial charge in [0.25, 0.3) is 0 Å². The largest absolute Gasteiger partial charge is 0.496 e. The van der Waals surface area contributed by atoms with Crippen molar-refractivity contribution in [3.05, 3.63) is 34.9 Å². The predicted molar refractivity (Wildman–Crippen MR) is 74.5 cm³/mol. The Hall–Kier alpha value is -1.28. The summed E-state index contributed by atoms with van der Waals surface area (Å²) in [5, 5.41) is 0. The number of aryl methyl sites for hydroxylation is 1. The highest BCUT2D eigenvalue weighted by Gasteiger charge is 2.20. The fourth-order valence-corrected chi connectivity index (χ4v) is 1.90. The van der Waals surface area contributed by atoms with E-state index in [2.05, 4.69) is 39.8 Å². The number of rotatable bonds is 3. The van der Waals surface area contributed by atoms with E-state index in [1.54, 1.807) is 7.11 Å². The molecule has 2 heteroatoms. The van der Waals surface area contributed by atoms with Crippen LogP contribution in [0, 0.1) is 6.92 Å². The van der Waals surface area contributed by atoms with Crippen LogP contribution in [0.15, 0.2) is 18.2 Å². The van der Waals surface area contributed by atoms with Crippen LogP contribution in [0.25, 0.3) is 6.08 Å². The molecule has 0 aliphatic carbocycles. The zero-order chi connectivity index (χ0) is 13.1. The quantitative estimate of drug-likeness (QED) is 0.869. The topological polar surface area (TPSA) is 35.2 Å². The lowest BCUT2D eigenvalue weighted by molar-refractivity contribution is 0.396. The number of ether oxygens (including phenoxy) is 1. The van der Waals surface area contributed by atoms with E-state index in [4.69, 9.17) is 10.5 Å². The molecule has 1 rings (SSSR count). The van der Waals surface area contributed by atoms with Gasteiger partial charge in [0.1, 0.15) is 5.75 Å². The number of hydrogen-bond donors (Lipinski definition) is 1. The monoisotopic (exact) mass is 233 g/mol. The Morgan fingerprint density at radius 2 is 1.94 bits per heavy atom. The van der Waals surface area contributed by atoms with Gasteiger partial charge in [0.05, 0.1) is 7.11 Å². The van der Waals surface area contributed by atoms with Crippen LogP contribution in [0.3, 0.4) is 0 Å². The van der Waals surface area contributed by atoms with Gasteiger partial charge in [0.15, 0.2) is 0 Å². The molecule has 0 saturated carbocycles. The van der Waals surface area contributed by atoms with Crippen molar-refractivity contribution in [2.45, 2.75) is 33.1 Å². The number of benzene rings is 1. The molecule has 1 aromatic rings. The Bertz CT molecular complexity index is 414. The molecule has 1 aromatic carbocycles. The first-order chi connectivity index (χ1) is 7.90. The van der Waals surface area contributed by atoms with Gasteiger partial charge in [-0.2, -0.15) is 0 Å². The number of hydrogen-bond acceptors (Lipinski definition) is 2. The molecular weight excluding hydrogens is 210 g/mol. The van der Waals surface area contributed by atoms with Crippen LogP contribution in [-0.2, 0) is 5.41 Å². The van der Waals surface area contributed by atoms with Crippen molar-refractivity contribution in [3.63, 3.8) is 0 Å². The number of nitrogens with two attached hydrogens (primary N) is 1. The molecule has 0 amide bonds. The van der Waals surface area contributed by atoms with E-state index < -0.39 is 0 Å². The fraction of sp³-hybridized carbons (Fsp3) is 0.467. The molecule has 0 unspecified atom stereocenters. The van der Waals surface area contributed by atoms with Crippen LogP contribution in [0.2, 0.25) is 0 Å². The summed E-state index contributed by atoms with van der Waals surface area (Å²) in [6, 6.07) is 4.32. The van der Waals surface area contributed by atoms with E-state index in [0.29, 0.717) is 6.54 Å². The van der Waals surface area contributed by atoms with Crippen LogP contribution in [0.1, 0.15) is 37.5 Å². The van der Waals surface area contributed by atoms with Crippen molar-refractivity contribution in [1.82, 2.24) is 0 Å². The number of methoxy groups -OCH3 is 1. The Kier molecular flexibility index (Phi) is 4.35. The van der Waals surface area contributed by atoms with Gasteiger partial charge in [-0.1, -0.05) is 39.0 Å². The second-order valence-electron chi connectivity index (χ2n) is 5.32. The molecule has 0 atom stereocenters. The first-order valence-corrected chi connectivity index (χ1v) is 5.96. The van der Waals surface area contributed by atoms with Crippen LogP contribution < -0.4 is 10.5 Å². The molecule has 0 aromatic heterocycles. The lowest BCUT2D eigenvalue weighted by Crippen LogP contribution is -2.14. The molecule has 0 saturated heterocycles. The molecule has 0 aliphatic heterocycles. The van der Waals surface area contributed by atoms with Gasteiger partial charge in [-0.25, -0.2) is 0 Å². The summed E-state index contributed by atoms with van der Waals surface area (Å²) in [6.07, 6.45) is 3.98. The molecule has 17 heavy (non-hydrogen) atoms. The molecule has 0 heterocycles. The molecule has 94 valence electrons. The molecule has 0 aliphatic rings. The zero-order valence-electron chi connectivity index (χ0n) is 11.5. The summed E-state index contributed by atoms with van der Waals surface area (Å²) >= 11 is 0. The van der Waals surface area contributed by atoms with Crippen LogP contribution >= 0.6 is 0 Å². The maximum absolute atomic E-state index is 5.56. The lowest BCUT2D eigenvalue weighted by atomic mass is 9.84. The zero-order valence-corrected chi connectivity index (χ0v) is 11.5. The van der Waals surface area contributed by atoms with Crippen molar-refractivity contribution < 1.29 is 4.74 Å². The summed E-state index contributed by atoms with van der Waals surface area (Å²) in [5.74, 6) is 0.952. The molecule has 0 bridgehead atoms. The first-order valence-electron chi connectivity index (χ1n) is 5.96. The van der Waals surface area contributed by atoms with Gasteiger partial charge in [0.2, 0.25) is 0 Å².